The van der Waals surface area contributed by atoms with Gasteiger partial charge in [-0.2, -0.15) is 0 Å². The van der Waals surface area contributed by atoms with Crippen molar-refractivity contribution in [2.45, 2.75) is 12.6 Å². The van der Waals surface area contributed by atoms with Gasteiger partial charge in [0.05, 0.1) is 0 Å². The van der Waals surface area contributed by atoms with E-state index >= 15 is 0 Å². The SMILES string of the molecule is CN(C)C1C=CC(=C2C=CN(Cc3ccccc3)C=C2)C=C1. The minimum absolute atomic E-state index is 0.399. The van der Waals surface area contributed by atoms with Gasteiger partial charge in [-0.15, -0.1) is 0 Å². The van der Waals surface area contributed by atoms with Crippen molar-refractivity contribution >= 4 is 0 Å². The molecule has 112 valence electrons. The fourth-order valence-corrected chi connectivity index (χ4v) is 2.61. The van der Waals surface area contributed by atoms with Crippen molar-refractivity contribution in [3.05, 3.63) is 95.9 Å². The molecule has 2 aliphatic rings. The molecule has 1 aliphatic carbocycles. The van der Waals surface area contributed by atoms with Gasteiger partial charge in [-0.25, -0.2) is 0 Å². The minimum Gasteiger partial charge on any atom is -0.350 e. The molecule has 1 aliphatic heterocycles. The van der Waals surface area contributed by atoms with Crippen molar-refractivity contribution in [3.8, 4) is 0 Å². The van der Waals surface area contributed by atoms with Crippen molar-refractivity contribution in [1.29, 1.82) is 0 Å². The lowest BCUT2D eigenvalue weighted by molar-refractivity contribution is 0.390. The zero-order valence-electron chi connectivity index (χ0n) is 13.2. The maximum absolute atomic E-state index is 2.24. The predicted molar refractivity (Wildman–Crippen MR) is 93.0 cm³/mol. The van der Waals surface area contributed by atoms with Crippen molar-refractivity contribution < 1.29 is 0 Å². The Morgan fingerprint density at radius 2 is 1.45 bits per heavy atom. The molecule has 0 spiro atoms. The normalized spacial score (nSPS) is 20.3. The molecule has 0 bridgehead atoms. The first kappa shape index (κ1) is 14.6. The molecule has 3 rings (SSSR count). The monoisotopic (exact) mass is 290 g/mol. The zero-order valence-corrected chi connectivity index (χ0v) is 13.2. The summed E-state index contributed by atoms with van der Waals surface area (Å²) in [6, 6.07) is 10.9. The molecule has 22 heavy (non-hydrogen) atoms. The van der Waals surface area contributed by atoms with Crippen LogP contribution in [0.15, 0.2) is 90.3 Å². The Morgan fingerprint density at radius 3 is 2.05 bits per heavy atom. The van der Waals surface area contributed by atoms with Crippen LogP contribution in [0.25, 0.3) is 0 Å². The Balaban J connectivity index is 1.67. The van der Waals surface area contributed by atoms with Crippen molar-refractivity contribution in [2.24, 2.45) is 0 Å². The Hall–Kier alpha value is -2.32. The number of allylic oxidation sites excluding steroid dienone is 6. The third-order valence-electron chi connectivity index (χ3n) is 3.97. The quantitative estimate of drug-likeness (QED) is 0.833. The number of benzene rings is 1. The molecule has 0 saturated carbocycles. The fraction of sp³-hybridized carbons (Fsp3) is 0.200. The van der Waals surface area contributed by atoms with Gasteiger partial charge >= 0.3 is 0 Å². The van der Waals surface area contributed by atoms with E-state index < -0.39 is 0 Å². The van der Waals surface area contributed by atoms with E-state index in [4.69, 9.17) is 0 Å². The zero-order chi connectivity index (χ0) is 15.4. The first-order chi connectivity index (χ1) is 10.7. The average Bonchev–Trinajstić information content (AvgIpc) is 2.57. The largest absolute Gasteiger partial charge is 0.350 e. The lowest BCUT2D eigenvalue weighted by atomic mass is 9.99. The highest BCUT2D eigenvalue weighted by atomic mass is 15.1. The highest BCUT2D eigenvalue weighted by molar-refractivity contribution is 5.50. The molecule has 0 fully saturated rings. The van der Waals surface area contributed by atoms with Crippen LogP contribution in [-0.2, 0) is 6.54 Å². The number of rotatable bonds is 3. The molecule has 2 heteroatoms. The summed E-state index contributed by atoms with van der Waals surface area (Å²) in [5, 5.41) is 0. The minimum atomic E-state index is 0.399. The Kier molecular flexibility index (Phi) is 4.40. The molecule has 1 aromatic carbocycles. The molecule has 1 aromatic rings. The highest BCUT2D eigenvalue weighted by Crippen LogP contribution is 2.21. The molecule has 0 N–H and O–H groups in total. The van der Waals surface area contributed by atoms with E-state index in [1.54, 1.807) is 0 Å². The van der Waals surface area contributed by atoms with Crippen LogP contribution in [0.3, 0.4) is 0 Å². The van der Waals surface area contributed by atoms with E-state index in [1.807, 2.05) is 0 Å². The fourth-order valence-electron chi connectivity index (χ4n) is 2.61. The number of hydrogen-bond donors (Lipinski definition) is 0. The van der Waals surface area contributed by atoms with Gasteiger partial charge in [0.1, 0.15) is 0 Å². The molecule has 2 nitrogen and oxygen atoms in total. The Morgan fingerprint density at radius 1 is 0.864 bits per heavy atom. The molecular weight excluding hydrogens is 268 g/mol. The maximum Gasteiger partial charge on any atom is 0.0470 e. The van der Waals surface area contributed by atoms with Gasteiger partial charge in [0.25, 0.3) is 0 Å². The lowest BCUT2D eigenvalue weighted by Crippen LogP contribution is -2.24. The van der Waals surface area contributed by atoms with E-state index in [9.17, 15) is 0 Å². The first-order valence-corrected chi connectivity index (χ1v) is 7.65. The van der Waals surface area contributed by atoms with E-state index in [2.05, 4.69) is 103 Å². The van der Waals surface area contributed by atoms with Crippen LogP contribution in [0.4, 0.5) is 0 Å². The van der Waals surface area contributed by atoms with Crippen LogP contribution in [0, 0.1) is 0 Å². The molecule has 0 aromatic heterocycles. The molecule has 0 radical (unpaired) electrons. The maximum atomic E-state index is 2.24. The van der Waals surface area contributed by atoms with Crippen LogP contribution < -0.4 is 0 Å². The van der Waals surface area contributed by atoms with Gasteiger partial charge in [-0.1, -0.05) is 54.6 Å². The average molecular weight is 290 g/mol. The van der Waals surface area contributed by atoms with Crippen LogP contribution in [0.1, 0.15) is 5.56 Å². The van der Waals surface area contributed by atoms with Crippen LogP contribution in [0.2, 0.25) is 0 Å². The third-order valence-corrected chi connectivity index (χ3v) is 3.97. The summed E-state index contributed by atoms with van der Waals surface area (Å²) >= 11 is 0. The molecule has 0 amide bonds. The summed E-state index contributed by atoms with van der Waals surface area (Å²) in [5.74, 6) is 0. The smallest absolute Gasteiger partial charge is 0.0470 e. The standard InChI is InChI=1S/C20H22N2/c1-21(2)20-10-8-18(9-11-20)19-12-14-22(15-13-19)16-17-6-4-3-5-7-17/h3-15,20H,16H2,1-2H3. The molecule has 1 heterocycles. The van der Waals surface area contributed by atoms with Crippen LogP contribution >= 0.6 is 0 Å². The van der Waals surface area contributed by atoms with Crippen molar-refractivity contribution in [1.82, 2.24) is 9.80 Å². The highest BCUT2D eigenvalue weighted by Gasteiger charge is 2.09. The number of likely N-dealkylation sites (N-methyl/N-ethyl adjacent to an activating group) is 1. The lowest BCUT2D eigenvalue weighted by Gasteiger charge is -2.22. The van der Waals surface area contributed by atoms with E-state index in [0.717, 1.165) is 6.54 Å². The topological polar surface area (TPSA) is 6.48 Å². The third kappa shape index (κ3) is 3.46. The van der Waals surface area contributed by atoms with Crippen LogP contribution in [-0.4, -0.2) is 29.9 Å². The van der Waals surface area contributed by atoms with E-state index in [-0.39, 0.29) is 0 Å². The van der Waals surface area contributed by atoms with Gasteiger partial charge in [0.2, 0.25) is 0 Å². The summed E-state index contributed by atoms with van der Waals surface area (Å²) in [6.07, 6.45) is 17.6. The summed E-state index contributed by atoms with van der Waals surface area (Å²) in [4.78, 5) is 4.40. The summed E-state index contributed by atoms with van der Waals surface area (Å²) in [5.41, 5.74) is 3.85. The second-order valence-electron chi connectivity index (χ2n) is 5.87. The number of hydrogen-bond acceptors (Lipinski definition) is 2. The van der Waals surface area contributed by atoms with Gasteiger partial charge in [0, 0.05) is 25.0 Å². The first-order valence-electron chi connectivity index (χ1n) is 7.65. The Labute approximate surface area is 133 Å². The Bertz CT molecular complexity index is 628. The molecule has 0 saturated heterocycles. The predicted octanol–water partition coefficient (Wildman–Crippen LogP) is 3.88. The van der Waals surface area contributed by atoms with Gasteiger partial charge in [-0.3, -0.25) is 4.90 Å². The summed E-state index contributed by atoms with van der Waals surface area (Å²) in [7, 11) is 4.19. The van der Waals surface area contributed by atoms with Gasteiger partial charge in [-0.05, 0) is 43.0 Å². The van der Waals surface area contributed by atoms with Gasteiger partial charge in [0.15, 0.2) is 0 Å². The number of nitrogens with zero attached hydrogens (tertiary/aromatic N) is 2. The van der Waals surface area contributed by atoms with Crippen LogP contribution in [0.5, 0.6) is 0 Å². The molecular formula is C20H22N2. The molecule has 0 unspecified atom stereocenters. The second-order valence-corrected chi connectivity index (χ2v) is 5.87. The van der Waals surface area contributed by atoms with Crippen molar-refractivity contribution in [2.75, 3.05) is 14.1 Å². The second kappa shape index (κ2) is 6.63. The summed E-state index contributed by atoms with van der Waals surface area (Å²) < 4.78 is 0. The van der Waals surface area contributed by atoms with Gasteiger partial charge < -0.3 is 4.90 Å². The molecule has 0 atom stereocenters. The van der Waals surface area contributed by atoms with Crippen molar-refractivity contribution in [3.63, 3.8) is 0 Å². The van der Waals surface area contributed by atoms with E-state index in [1.165, 1.54) is 16.7 Å². The van der Waals surface area contributed by atoms with E-state index in [0.29, 0.717) is 6.04 Å². The summed E-state index contributed by atoms with van der Waals surface area (Å²) in [6.45, 7) is 0.908.